The number of rotatable bonds is 3. The Morgan fingerprint density at radius 2 is 2.04 bits per heavy atom. The van der Waals surface area contributed by atoms with Crippen LogP contribution in [0.1, 0.15) is 73.8 Å². The first-order chi connectivity index (χ1) is 12.2. The van der Waals surface area contributed by atoms with Crippen molar-refractivity contribution in [1.29, 1.82) is 0 Å². The van der Waals surface area contributed by atoms with Crippen molar-refractivity contribution in [3.63, 3.8) is 0 Å². The molecule has 5 nitrogen and oxygen atoms in total. The summed E-state index contributed by atoms with van der Waals surface area (Å²) < 4.78 is 2.22. The second-order valence-corrected chi connectivity index (χ2v) is 7.31. The molecule has 0 saturated carbocycles. The van der Waals surface area contributed by atoms with Crippen molar-refractivity contribution in [2.24, 2.45) is 0 Å². The molecule has 2 aromatic rings. The molecule has 1 aromatic carbocycles. The number of fused-ring (bicyclic) bond motifs is 2. The summed E-state index contributed by atoms with van der Waals surface area (Å²) in [6, 6.07) is 8.24. The minimum atomic E-state index is -0.110. The summed E-state index contributed by atoms with van der Waals surface area (Å²) in [6.45, 7) is 2.99. The minimum absolute atomic E-state index is 0.0427. The van der Waals surface area contributed by atoms with Crippen molar-refractivity contribution in [3.05, 3.63) is 47.0 Å². The molecular formula is C20H26N4O. The van der Waals surface area contributed by atoms with Crippen LogP contribution in [0.2, 0.25) is 0 Å². The molecule has 0 radical (unpaired) electrons. The zero-order valence-electron chi connectivity index (χ0n) is 14.9. The van der Waals surface area contributed by atoms with Crippen molar-refractivity contribution < 1.29 is 4.79 Å². The van der Waals surface area contributed by atoms with Crippen molar-refractivity contribution in [3.8, 4) is 0 Å². The molecule has 1 aliphatic heterocycles. The maximum atomic E-state index is 12.9. The van der Waals surface area contributed by atoms with E-state index in [-0.39, 0.29) is 17.9 Å². The number of carbonyl (C=O) groups excluding carboxylic acids is 1. The van der Waals surface area contributed by atoms with Crippen molar-refractivity contribution in [1.82, 2.24) is 20.1 Å². The van der Waals surface area contributed by atoms with Crippen molar-refractivity contribution in [2.75, 3.05) is 0 Å². The fourth-order valence-electron chi connectivity index (χ4n) is 4.23. The lowest BCUT2D eigenvalue weighted by atomic mass is 9.82. The largest absolute Gasteiger partial charge is 0.346 e. The number of hydrogen-bond donors (Lipinski definition) is 1. The van der Waals surface area contributed by atoms with Gasteiger partial charge in [-0.25, -0.2) is 0 Å². The summed E-state index contributed by atoms with van der Waals surface area (Å²) in [6.07, 6.45) is 7.64. The molecule has 0 spiro atoms. The summed E-state index contributed by atoms with van der Waals surface area (Å²) in [5.74, 6) is 2.04. The number of carbonyl (C=O) groups is 1. The average molecular weight is 338 g/mol. The van der Waals surface area contributed by atoms with Crippen LogP contribution in [0.5, 0.6) is 0 Å². The molecule has 0 unspecified atom stereocenters. The molecular weight excluding hydrogens is 312 g/mol. The number of nitrogens with zero attached hydrogens (tertiary/aromatic N) is 3. The SMILES string of the molecule is C[C@@H](NC(=O)[C@H]1CCCc2ccccc21)c1nnc2n1CCCCC2. The van der Waals surface area contributed by atoms with Crippen LogP contribution in [-0.2, 0) is 24.2 Å². The van der Waals surface area contributed by atoms with Crippen LogP contribution in [0.15, 0.2) is 24.3 Å². The Morgan fingerprint density at radius 3 is 2.96 bits per heavy atom. The molecule has 0 bridgehead atoms. The molecule has 2 aliphatic rings. The topological polar surface area (TPSA) is 59.8 Å². The van der Waals surface area contributed by atoms with E-state index < -0.39 is 0 Å². The summed E-state index contributed by atoms with van der Waals surface area (Å²) in [7, 11) is 0. The zero-order chi connectivity index (χ0) is 17.2. The molecule has 2 heterocycles. The Labute approximate surface area is 148 Å². The molecule has 0 fully saturated rings. The Hall–Kier alpha value is -2.17. The van der Waals surface area contributed by atoms with Crippen LogP contribution in [0.25, 0.3) is 0 Å². The van der Waals surface area contributed by atoms with Crippen LogP contribution in [0, 0.1) is 0 Å². The highest BCUT2D eigenvalue weighted by atomic mass is 16.2. The second kappa shape index (κ2) is 6.98. The fraction of sp³-hybridized carbons (Fsp3) is 0.550. The van der Waals surface area contributed by atoms with Crippen LogP contribution in [-0.4, -0.2) is 20.7 Å². The molecule has 1 amide bonds. The second-order valence-electron chi connectivity index (χ2n) is 7.31. The summed E-state index contributed by atoms with van der Waals surface area (Å²) in [5.41, 5.74) is 2.51. The third-order valence-electron chi connectivity index (χ3n) is 5.57. The van der Waals surface area contributed by atoms with Crippen LogP contribution < -0.4 is 5.32 Å². The van der Waals surface area contributed by atoms with Gasteiger partial charge in [0.1, 0.15) is 5.82 Å². The lowest BCUT2D eigenvalue weighted by molar-refractivity contribution is -0.123. The van der Waals surface area contributed by atoms with E-state index in [4.69, 9.17) is 0 Å². The highest BCUT2D eigenvalue weighted by Gasteiger charge is 2.28. The molecule has 0 saturated heterocycles. The lowest BCUT2D eigenvalue weighted by Crippen LogP contribution is -2.34. The van der Waals surface area contributed by atoms with E-state index in [9.17, 15) is 4.79 Å². The Balaban J connectivity index is 1.51. The van der Waals surface area contributed by atoms with E-state index >= 15 is 0 Å². The van der Waals surface area contributed by atoms with Gasteiger partial charge in [0.25, 0.3) is 0 Å². The molecule has 1 aliphatic carbocycles. The van der Waals surface area contributed by atoms with Gasteiger partial charge in [-0.05, 0) is 50.2 Å². The Morgan fingerprint density at radius 1 is 1.16 bits per heavy atom. The predicted octanol–water partition coefficient (Wildman–Crippen LogP) is 3.30. The van der Waals surface area contributed by atoms with Crippen LogP contribution in [0.4, 0.5) is 0 Å². The quantitative estimate of drug-likeness (QED) is 0.934. The van der Waals surface area contributed by atoms with Gasteiger partial charge < -0.3 is 9.88 Å². The first-order valence-corrected chi connectivity index (χ1v) is 9.54. The normalized spacial score (nSPS) is 20.9. The highest BCUT2D eigenvalue weighted by molar-refractivity contribution is 5.84. The maximum absolute atomic E-state index is 12.9. The first kappa shape index (κ1) is 16.3. The maximum Gasteiger partial charge on any atom is 0.228 e. The number of benzene rings is 1. The average Bonchev–Trinajstić information content (AvgIpc) is 2.90. The van der Waals surface area contributed by atoms with E-state index in [2.05, 4.69) is 38.3 Å². The van der Waals surface area contributed by atoms with Gasteiger partial charge in [0.2, 0.25) is 5.91 Å². The van der Waals surface area contributed by atoms with Crippen molar-refractivity contribution in [2.45, 2.75) is 70.4 Å². The Kier molecular flexibility index (Phi) is 4.55. The van der Waals surface area contributed by atoms with E-state index in [0.717, 1.165) is 50.3 Å². The van der Waals surface area contributed by atoms with E-state index in [1.165, 1.54) is 24.0 Å². The van der Waals surface area contributed by atoms with Gasteiger partial charge in [0.15, 0.2) is 5.82 Å². The zero-order valence-corrected chi connectivity index (χ0v) is 14.9. The van der Waals surface area contributed by atoms with E-state index in [1.54, 1.807) is 0 Å². The predicted molar refractivity (Wildman–Crippen MR) is 96.3 cm³/mol. The Bertz CT molecular complexity index is 767. The summed E-state index contributed by atoms with van der Waals surface area (Å²) in [4.78, 5) is 12.9. The van der Waals surface area contributed by atoms with Gasteiger partial charge in [0, 0.05) is 13.0 Å². The monoisotopic (exact) mass is 338 g/mol. The van der Waals surface area contributed by atoms with Gasteiger partial charge in [-0.3, -0.25) is 4.79 Å². The third kappa shape index (κ3) is 3.20. The van der Waals surface area contributed by atoms with Gasteiger partial charge in [-0.1, -0.05) is 30.7 Å². The molecule has 25 heavy (non-hydrogen) atoms. The van der Waals surface area contributed by atoms with Gasteiger partial charge in [0.05, 0.1) is 12.0 Å². The smallest absolute Gasteiger partial charge is 0.228 e. The summed E-state index contributed by atoms with van der Waals surface area (Å²) in [5, 5.41) is 11.9. The molecule has 132 valence electrons. The fourth-order valence-corrected chi connectivity index (χ4v) is 4.23. The van der Waals surface area contributed by atoms with Gasteiger partial charge in [-0.2, -0.15) is 0 Å². The lowest BCUT2D eigenvalue weighted by Gasteiger charge is -2.26. The van der Waals surface area contributed by atoms with E-state index in [1.807, 2.05) is 13.0 Å². The van der Waals surface area contributed by atoms with Crippen molar-refractivity contribution >= 4 is 5.91 Å². The molecule has 2 atom stereocenters. The first-order valence-electron chi connectivity index (χ1n) is 9.54. The van der Waals surface area contributed by atoms with Gasteiger partial charge in [-0.15, -0.1) is 10.2 Å². The summed E-state index contributed by atoms with van der Waals surface area (Å²) >= 11 is 0. The highest BCUT2D eigenvalue weighted by Crippen LogP contribution is 2.32. The third-order valence-corrected chi connectivity index (χ3v) is 5.57. The molecule has 4 rings (SSSR count). The number of nitrogens with one attached hydrogen (secondary N) is 1. The number of amides is 1. The molecule has 1 N–H and O–H groups in total. The standard InChI is InChI=1S/C20H26N4O/c1-14(19-23-22-18-12-3-2-6-13-24(18)19)21-20(25)17-11-7-9-15-8-4-5-10-16(15)17/h4-5,8,10,14,17H,2-3,6-7,9,11-13H2,1H3,(H,21,25)/t14-,17+/m1/s1. The van der Waals surface area contributed by atoms with Crippen LogP contribution in [0.3, 0.4) is 0 Å². The number of hydrogen-bond acceptors (Lipinski definition) is 3. The minimum Gasteiger partial charge on any atom is -0.346 e. The molecule has 1 aromatic heterocycles. The number of aryl methyl sites for hydroxylation is 2. The van der Waals surface area contributed by atoms with Crippen LogP contribution >= 0.6 is 0 Å². The molecule has 5 heteroatoms. The van der Waals surface area contributed by atoms with Gasteiger partial charge >= 0.3 is 0 Å². The van der Waals surface area contributed by atoms with E-state index in [0.29, 0.717) is 0 Å². The number of aromatic nitrogens is 3.